The van der Waals surface area contributed by atoms with E-state index in [0.717, 1.165) is 6.54 Å². The Morgan fingerprint density at radius 3 is 2.64 bits per heavy atom. The molecule has 1 fully saturated rings. The Balaban J connectivity index is 2.03. The second kappa shape index (κ2) is 4.58. The summed E-state index contributed by atoms with van der Waals surface area (Å²) in [6, 6.07) is 11.0. The van der Waals surface area contributed by atoms with Crippen molar-refractivity contribution in [3.63, 3.8) is 0 Å². The fourth-order valence-corrected chi connectivity index (χ4v) is 2.09. The minimum absolute atomic E-state index is 0.150. The van der Waals surface area contributed by atoms with E-state index in [4.69, 9.17) is 5.73 Å². The molecule has 0 amide bonds. The molecule has 1 heterocycles. The van der Waals surface area contributed by atoms with Crippen molar-refractivity contribution in [2.24, 2.45) is 5.73 Å². The van der Waals surface area contributed by atoms with Crippen LogP contribution in [0.5, 0.6) is 0 Å². The van der Waals surface area contributed by atoms with Crippen LogP contribution in [0.1, 0.15) is 30.9 Å². The molecule has 1 saturated heterocycles. The maximum Gasteiger partial charge on any atom is 0.0450 e. The highest BCUT2D eigenvalue weighted by molar-refractivity contribution is 5.20. The second-order valence-corrected chi connectivity index (χ2v) is 3.99. The lowest BCUT2D eigenvalue weighted by atomic mass is 9.93. The van der Waals surface area contributed by atoms with Crippen LogP contribution in [0.2, 0.25) is 0 Å². The van der Waals surface area contributed by atoms with Gasteiger partial charge in [-0.2, -0.15) is 0 Å². The lowest BCUT2D eigenvalue weighted by molar-refractivity contribution is 0.354. The van der Waals surface area contributed by atoms with E-state index in [0.29, 0.717) is 6.04 Å². The summed E-state index contributed by atoms with van der Waals surface area (Å²) in [4.78, 5) is 0. The van der Waals surface area contributed by atoms with Crippen LogP contribution in [0.4, 0.5) is 0 Å². The fourth-order valence-electron chi connectivity index (χ4n) is 2.09. The topological polar surface area (TPSA) is 38.0 Å². The molecular formula is C12H18N2. The van der Waals surface area contributed by atoms with Crippen molar-refractivity contribution in [1.82, 2.24) is 5.32 Å². The summed E-state index contributed by atoms with van der Waals surface area (Å²) in [7, 11) is 0. The monoisotopic (exact) mass is 190 g/mol. The molecule has 0 radical (unpaired) electrons. The van der Waals surface area contributed by atoms with Gasteiger partial charge in [-0.05, 0) is 24.9 Å². The number of hydrogen-bond acceptors (Lipinski definition) is 2. The summed E-state index contributed by atoms with van der Waals surface area (Å²) in [5.74, 6) is 0. The summed E-state index contributed by atoms with van der Waals surface area (Å²) >= 11 is 0. The molecule has 2 nitrogen and oxygen atoms in total. The zero-order valence-corrected chi connectivity index (χ0v) is 8.45. The Bertz CT molecular complexity index is 265. The number of piperidine rings is 1. The van der Waals surface area contributed by atoms with Gasteiger partial charge in [-0.25, -0.2) is 0 Å². The lowest BCUT2D eigenvalue weighted by Gasteiger charge is -2.29. The predicted octanol–water partition coefficient (Wildman–Crippen LogP) is 1.83. The van der Waals surface area contributed by atoms with E-state index in [2.05, 4.69) is 29.6 Å². The number of nitrogens with two attached hydrogens (primary N) is 1. The highest BCUT2D eigenvalue weighted by Gasteiger charge is 2.20. The molecule has 1 aromatic rings. The molecule has 76 valence electrons. The molecule has 2 atom stereocenters. The molecule has 1 aliphatic rings. The first-order chi connectivity index (χ1) is 6.88. The van der Waals surface area contributed by atoms with E-state index in [1.807, 2.05) is 6.07 Å². The van der Waals surface area contributed by atoms with Crippen molar-refractivity contribution in [3.05, 3.63) is 35.9 Å². The third-order valence-electron chi connectivity index (χ3n) is 2.97. The first-order valence-corrected chi connectivity index (χ1v) is 5.42. The standard InChI is InChI=1S/C12H18N2/c13-12(10-6-2-1-3-7-10)11-8-4-5-9-14-11/h1-3,6-7,11-12,14H,4-5,8-9,13H2/t11-,12+/m0/s1. The average Bonchev–Trinajstić information content (AvgIpc) is 2.30. The quantitative estimate of drug-likeness (QED) is 0.746. The lowest BCUT2D eigenvalue weighted by Crippen LogP contribution is -2.42. The Morgan fingerprint density at radius 2 is 2.00 bits per heavy atom. The third-order valence-corrected chi connectivity index (χ3v) is 2.97. The molecular weight excluding hydrogens is 172 g/mol. The maximum atomic E-state index is 6.21. The van der Waals surface area contributed by atoms with E-state index >= 15 is 0 Å². The summed E-state index contributed by atoms with van der Waals surface area (Å²) in [6.45, 7) is 1.12. The van der Waals surface area contributed by atoms with Crippen molar-refractivity contribution in [3.8, 4) is 0 Å². The number of benzene rings is 1. The minimum Gasteiger partial charge on any atom is -0.323 e. The molecule has 1 aromatic carbocycles. The molecule has 0 aromatic heterocycles. The van der Waals surface area contributed by atoms with E-state index in [-0.39, 0.29) is 6.04 Å². The van der Waals surface area contributed by atoms with E-state index in [1.54, 1.807) is 0 Å². The summed E-state index contributed by atoms with van der Waals surface area (Å²) < 4.78 is 0. The van der Waals surface area contributed by atoms with Gasteiger partial charge in [-0.1, -0.05) is 36.8 Å². The predicted molar refractivity (Wildman–Crippen MR) is 59.0 cm³/mol. The van der Waals surface area contributed by atoms with Crippen molar-refractivity contribution in [2.75, 3.05) is 6.54 Å². The molecule has 0 bridgehead atoms. The van der Waals surface area contributed by atoms with Gasteiger partial charge in [0.1, 0.15) is 0 Å². The first-order valence-electron chi connectivity index (χ1n) is 5.42. The van der Waals surface area contributed by atoms with Gasteiger partial charge in [-0.15, -0.1) is 0 Å². The van der Waals surface area contributed by atoms with Crippen LogP contribution in [0.3, 0.4) is 0 Å². The average molecular weight is 190 g/mol. The second-order valence-electron chi connectivity index (χ2n) is 3.99. The van der Waals surface area contributed by atoms with Crippen molar-refractivity contribution < 1.29 is 0 Å². The third kappa shape index (κ3) is 2.14. The van der Waals surface area contributed by atoms with Crippen LogP contribution in [0.25, 0.3) is 0 Å². The number of hydrogen-bond donors (Lipinski definition) is 2. The van der Waals surface area contributed by atoms with Crippen molar-refractivity contribution in [1.29, 1.82) is 0 Å². The van der Waals surface area contributed by atoms with E-state index < -0.39 is 0 Å². The highest BCUT2D eigenvalue weighted by atomic mass is 15.0. The Morgan fingerprint density at radius 1 is 1.21 bits per heavy atom. The van der Waals surface area contributed by atoms with Gasteiger partial charge in [0.05, 0.1) is 0 Å². The van der Waals surface area contributed by atoms with Gasteiger partial charge < -0.3 is 11.1 Å². The molecule has 2 rings (SSSR count). The normalized spacial score (nSPS) is 24.5. The van der Waals surface area contributed by atoms with Gasteiger partial charge in [0, 0.05) is 12.1 Å². The van der Waals surface area contributed by atoms with Crippen LogP contribution >= 0.6 is 0 Å². The van der Waals surface area contributed by atoms with Crippen LogP contribution in [-0.2, 0) is 0 Å². The van der Waals surface area contributed by atoms with Gasteiger partial charge in [0.25, 0.3) is 0 Å². The highest BCUT2D eigenvalue weighted by Crippen LogP contribution is 2.20. The van der Waals surface area contributed by atoms with Gasteiger partial charge in [-0.3, -0.25) is 0 Å². The smallest absolute Gasteiger partial charge is 0.0450 e. The fraction of sp³-hybridized carbons (Fsp3) is 0.500. The van der Waals surface area contributed by atoms with Crippen LogP contribution in [-0.4, -0.2) is 12.6 Å². The van der Waals surface area contributed by atoms with Gasteiger partial charge in [0.2, 0.25) is 0 Å². The molecule has 0 unspecified atom stereocenters. The van der Waals surface area contributed by atoms with Gasteiger partial charge in [0.15, 0.2) is 0 Å². The molecule has 0 saturated carbocycles. The molecule has 2 heteroatoms. The zero-order chi connectivity index (χ0) is 9.80. The molecule has 0 spiro atoms. The largest absolute Gasteiger partial charge is 0.323 e. The molecule has 1 aliphatic heterocycles. The number of nitrogens with one attached hydrogen (secondary N) is 1. The first kappa shape index (κ1) is 9.69. The Hall–Kier alpha value is -0.860. The van der Waals surface area contributed by atoms with Crippen LogP contribution in [0, 0.1) is 0 Å². The molecule has 3 N–H and O–H groups in total. The summed E-state index contributed by atoms with van der Waals surface area (Å²) in [6.07, 6.45) is 3.80. The summed E-state index contributed by atoms with van der Waals surface area (Å²) in [5.41, 5.74) is 7.45. The minimum atomic E-state index is 0.150. The Kier molecular flexibility index (Phi) is 3.17. The zero-order valence-electron chi connectivity index (χ0n) is 8.45. The maximum absolute atomic E-state index is 6.21. The van der Waals surface area contributed by atoms with E-state index in [9.17, 15) is 0 Å². The van der Waals surface area contributed by atoms with Gasteiger partial charge >= 0.3 is 0 Å². The van der Waals surface area contributed by atoms with Crippen molar-refractivity contribution in [2.45, 2.75) is 31.3 Å². The van der Waals surface area contributed by atoms with E-state index in [1.165, 1.54) is 24.8 Å². The Labute approximate surface area is 85.5 Å². The molecule has 14 heavy (non-hydrogen) atoms. The number of rotatable bonds is 2. The molecule has 0 aliphatic carbocycles. The SMILES string of the molecule is N[C@H](c1ccccc1)[C@@H]1CCCCN1. The van der Waals surface area contributed by atoms with Crippen LogP contribution in [0.15, 0.2) is 30.3 Å². The van der Waals surface area contributed by atoms with Crippen LogP contribution < -0.4 is 11.1 Å². The van der Waals surface area contributed by atoms with Crippen molar-refractivity contribution >= 4 is 0 Å². The summed E-state index contributed by atoms with van der Waals surface area (Å²) in [5, 5.41) is 3.49.